The fourth-order valence-corrected chi connectivity index (χ4v) is 2.78. The number of benzene rings is 1. The van der Waals surface area contributed by atoms with Crippen molar-refractivity contribution in [2.24, 2.45) is 0 Å². The Kier molecular flexibility index (Phi) is 5.66. The number of carbonyl (C=O) groups excluding carboxylic acids is 1. The summed E-state index contributed by atoms with van der Waals surface area (Å²) in [7, 11) is 0. The molecule has 2 aromatic rings. The lowest BCUT2D eigenvalue weighted by atomic mass is 10.1. The molecule has 0 bridgehead atoms. The number of hydrogen-bond acceptors (Lipinski definition) is 6. The molecule has 1 aromatic heterocycles. The summed E-state index contributed by atoms with van der Waals surface area (Å²) in [6.07, 6.45) is 3.24. The van der Waals surface area contributed by atoms with E-state index in [1.54, 1.807) is 11.1 Å². The SMILES string of the molecule is CCOC(=O)N1CCC(Nc2ccnc(Nc3ccccc3)n2)CC1. The van der Waals surface area contributed by atoms with Gasteiger partial charge in [-0.25, -0.2) is 9.78 Å². The van der Waals surface area contributed by atoms with Crippen molar-refractivity contribution in [3.63, 3.8) is 0 Å². The molecule has 7 nitrogen and oxygen atoms in total. The van der Waals surface area contributed by atoms with E-state index in [9.17, 15) is 4.79 Å². The summed E-state index contributed by atoms with van der Waals surface area (Å²) in [5.41, 5.74) is 0.947. The molecule has 1 aliphatic heterocycles. The van der Waals surface area contributed by atoms with E-state index in [0.717, 1.165) is 24.3 Å². The van der Waals surface area contributed by atoms with Gasteiger partial charge in [0.05, 0.1) is 6.61 Å². The van der Waals surface area contributed by atoms with Gasteiger partial charge in [0, 0.05) is 31.0 Å². The van der Waals surface area contributed by atoms with Crippen LogP contribution in [0.2, 0.25) is 0 Å². The van der Waals surface area contributed by atoms with Gasteiger partial charge in [-0.05, 0) is 38.0 Å². The Labute approximate surface area is 147 Å². The first-order valence-corrected chi connectivity index (χ1v) is 8.58. The first-order valence-electron chi connectivity index (χ1n) is 8.58. The van der Waals surface area contributed by atoms with Crippen molar-refractivity contribution in [1.82, 2.24) is 14.9 Å². The highest BCUT2D eigenvalue weighted by atomic mass is 16.6. The molecule has 1 aliphatic rings. The smallest absolute Gasteiger partial charge is 0.409 e. The van der Waals surface area contributed by atoms with Gasteiger partial charge in [0.2, 0.25) is 5.95 Å². The van der Waals surface area contributed by atoms with Crippen molar-refractivity contribution >= 4 is 23.5 Å². The topological polar surface area (TPSA) is 79.4 Å². The van der Waals surface area contributed by atoms with E-state index in [1.165, 1.54) is 0 Å². The van der Waals surface area contributed by atoms with E-state index in [4.69, 9.17) is 4.74 Å². The van der Waals surface area contributed by atoms with Crippen molar-refractivity contribution in [2.45, 2.75) is 25.8 Å². The summed E-state index contributed by atoms with van der Waals surface area (Å²) < 4.78 is 5.04. The molecule has 0 atom stereocenters. The van der Waals surface area contributed by atoms with E-state index in [0.29, 0.717) is 25.6 Å². The van der Waals surface area contributed by atoms with Crippen LogP contribution >= 0.6 is 0 Å². The zero-order valence-corrected chi connectivity index (χ0v) is 14.3. The van der Waals surface area contributed by atoms with Crippen LogP contribution in [0.25, 0.3) is 0 Å². The maximum absolute atomic E-state index is 11.7. The molecule has 1 fully saturated rings. The van der Waals surface area contributed by atoms with Gasteiger partial charge in [-0.2, -0.15) is 4.98 Å². The minimum Gasteiger partial charge on any atom is -0.450 e. The highest BCUT2D eigenvalue weighted by Crippen LogP contribution is 2.18. The number of likely N-dealkylation sites (tertiary alicyclic amines) is 1. The van der Waals surface area contributed by atoms with Gasteiger partial charge in [-0.3, -0.25) is 0 Å². The summed E-state index contributed by atoms with van der Waals surface area (Å²) in [4.78, 5) is 22.2. The Morgan fingerprint density at radius 2 is 2.00 bits per heavy atom. The van der Waals surface area contributed by atoms with Crippen LogP contribution in [0.15, 0.2) is 42.6 Å². The number of para-hydroxylation sites is 1. The fraction of sp³-hybridized carbons (Fsp3) is 0.389. The average Bonchev–Trinajstić information content (AvgIpc) is 2.64. The van der Waals surface area contributed by atoms with E-state index in [1.807, 2.05) is 43.3 Å². The molecular weight excluding hydrogens is 318 g/mol. The lowest BCUT2D eigenvalue weighted by Crippen LogP contribution is -2.42. The molecule has 3 rings (SSSR count). The molecule has 1 amide bonds. The zero-order chi connectivity index (χ0) is 17.5. The van der Waals surface area contributed by atoms with Crippen LogP contribution in [0.3, 0.4) is 0 Å². The van der Waals surface area contributed by atoms with Crippen LogP contribution in [0.1, 0.15) is 19.8 Å². The normalized spacial score (nSPS) is 14.8. The van der Waals surface area contributed by atoms with Gasteiger partial charge in [0.25, 0.3) is 0 Å². The molecule has 2 N–H and O–H groups in total. The number of carbonyl (C=O) groups is 1. The third-order valence-electron chi connectivity index (χ3n) is 4.06. The van der Waals surface area contributed by atoms with Gasteiger partial charge < -0.3 is 20.3 Å². The second-order valence-electron chi connectivity index (χ2n) is 5.86. The summed E-state index contributed by atoms with van der Waals surface area (Å²) in [5, 5.41) is 6.61. The van der Waals surface area contributed by atoms with Gasteiger partial charge >= 0.3 is 6.09 Å². The monoisotopic (exact) mass is 341 g/mol. The highest BCUT2D eigenvalue weighted by Gasteiger charge is 2.23. The number of nitrogens with zero attached hydrogens (tertiary/aromatic N) is 3. The van der Waals surface area contributed by atoms with Gasteiger partial charge in [-0.1, -0.05) is 18.2 Å². The number of amides is 1. The molecule has 1 saturated heterocycles. The van der Waals surface area contributed by atoms with Crippen LogP contribution in [-0.4, -0.2) is 46.7 Å². The quantitative estimate of drug-likeness (QED) is 0.869. The molecular formula is C18H23N5O2. The molecule has 0 spiro atoms. The van der Waals surface area contributed by atoms with E-state index in [2.05, 4.69) is 20.6 Å². The van der Waals surface area contributed by atoms with Crippen molar-refractivity contribution < 1.29 is 9.53 Å². The van der Waals surface area contributed by atoms with Crippen molar-refractivity contribution in [3.05, 3.63) is 42.6 Å². The number of piperidine rings is 1. The van der Waals surface area contributed by atoms with Crippen LogP contribution < -0.4 is 10.6 Å². The van der Waals surface area contributed by atoms with Crippen molar-refractivity contribution in [1.29, 1.82) is 0 Å². The van der Waals surface area contributed by atoms with Crippen LogP contribution in [0.5, 0.6) is 0 Å². The number of ether oxygens (including phenoxy) is 1. The number of aromatic nitrogens is 2. The summed E-state index contributed by atoms with van der Waals surface area (Å²) >= 11 is 0. The fourth-order valence-electron chi connectivity index (χ4n) is 2.78. The summed E-state index contributed by atoms with van der Waals surface area (Å²) in [6, 6.07) is 12.0. The Bertz CT molecular complexity index is 687. The average molecular weight is 341 g/mol. The molecule has 132 valence electrons. The number of hydrogen-bond donors (Lipinski definition) is 2. The minimum atomic E-state index is -0.225. The van der Waals surface area contributed by atoms with Gasteiger partial charge in [0.15, 0.2) is 0 Å². The second kappa shape index (κ2) is 8.32. The standard InChI is InChI=1S/C18H23N5O2/c1-2-25-18(24)23-12-9-15(10-13-23)20-16-8-11-19-17(22-16)21-14-6-4-3-5-7-14/h3-8,11,15H,2,9-10,12-13H2,1H3,(H2,19,20,21,22). The number of anilines is 3. The Morgan fingerprint density at radius 3 is 2.72 bits per heavy atom. The predicted octanol–water partition coefficient (Wildman–Crippen LogP) is 3.25. The molecule has 0 unspecified atom stereocenters. The molecule has 7 heteroatoms. The van der Waals surface area contributed by atoms with Crippen molar-refractivity contribution in [3.8, 4) is 0 Å². The first kappa shape index (κ1) is 17.0. The molecule has 0 radical (unpaired) electrons. The van der Waals surface area contributed by atoms with E-state index in [-0.39, 0.29) is 12.1 Å². The van der Waals surface area contributed by atoms with Crippen LogP contribution in [0.4, 0.5) is 22.2 Å². The summed E-state index contributed by atoms with van der Waals surface area (Å²) in [5.74, 6) is 1.34. The maximum atomic E-state index is 11.7. The lowest BCUT2D eigenvalue weighted by Gasteiger charge is -2.31. The Morgan fingerprint density at radius 1 is 1.24 bits per heavy atom. The van der Waals surface area contributed by atoms with Gasteiger partial charge in [-0.15, -0.1) is 0 Å². The highest BCUT2D eigenvalue weighted by molar-refractivity contribution is 5.67. The first-order chi connectivity index (χ1) is 12.2. The number of nitrogens with one attached hydrogen (secondary N) is 2. The minimum absolute atomic E-state index is 0.225. The maximum Gasteiger partial charge on any atom is 0.409 e. The Balaban J connectivity index is 1.54. The molecule has 2 heterocycles. The van der Waals surface area contributed by atoms with Crippen LogP contribution in [0, 0.1) is 0 Å². The third kappa shape index (κ3) is 4.82. The molecule has 0 aliphatic carbocycles. The Hall–Kier alpha value is -2.83. The van der Waals surface area contributed by atoms with E-state index < -0.39 is 0 Å². The predicted molar refractivity (Wildman–Crippen MR) is 97.0 cm³/mol. The van der Waals surface area contributed by atoms with Gasteiger partial charge in [0.1, 0.15) is 5.82 Å². The number of rotatable bonds is 5. The molecule has 0 saturated carbocycles. The van der Waals surface area contributed by atoms with Crippen molar-refractivity contribution in [2.75, 3.05) is 30.3 Å². The lowest BCUT2D eigenvalue weighted by molar-refractivity contribution is 0.0983. The second-order valence-corrected chi connectivity index (χ2v) is 5.86. The largest absolute Gasteiger partial charge is 0.450 e. The molecule has 1 aromatic carbocycles. The van der Waals surface area contributed by atoms with E-state index >= 15 is 0 Å². The zero-order valence-electron chi connectivity index (χ0n) is 14.3. The summed E-state index contributed by atoms with van der Waals surface area (Å²) in [6.45, 7) is 3.62. The van der Waals surface area contributed by atoms with Crippen LogP contribution in [-0.2, 0) is 4.74 Å². The molecule has 25 heavy (non-hydrogen) atoms. The third-order valence-corrected chi connectivity index (χ3v) is 4.06.